The van der Waals surface area contributed by atoms with Crippen LogP contribution in [0.25, 0.3) is 0 Å². The molecule has 1 heterocycles. The van der Waals surface area contributed by atoms with Gasteiger partial charge in [0.05, 0.1) is 0 Å². The fourth-order valence-electron chi connectivity index (χ4n) is 2.82. The molecule has 1 rings (SSSR count). The summed E-state index contributed by atoms with van der Waals surface area (Å²) < 4.78 is 0. The van der Waals surface area contributed by atoms with Gasteiger partial charge < -0.3 is 4.90 Å². The Hall–Kier alpha value is -0.650. The van der Waals surface area contributed by atoms with E-state index in [1.54, 1.807) is 0 Å². The second-order valence-electron chi connectivity index (χ2n) is 5.59. The van der Waals surface area contributed by atoms with Crippen molar-refractivity contribution in [1.29, 1.82) is 0 Å². The molecule has 0 spiro atoms. The van der Waals surface area contributed by atoms with Crippen LogP contribution in [0, 0.1) is 0 Å². The summed E-state index contributed by atoms with van der Waals surface area (Å²) in [5, 5.41) is 0. The molecule has 1 saturated heterocycles. The first-order valence-electron chi connectivity index (χ1n) is 7.59. The molecule has 19 heavy (non-hydrogen) atoms. The molecule has 0 bridgehead atoms. The second-order valence-corrected chi connectivity index (χ2v) is 5.59. The van der Waals surface area contributed by atoms with E-state index in [2.05, 4.69) is 29.2 Å². The number of rotatable bonds is 7. The maximum absolute atomic E-state index is 11.0. The third kappa shape index (κ3) is 6.36. The highest BCUT2D eigenvalue weighted by Crippen LogP contribution is 2.13. The van der Waals surface area contributed by atoms with Crippen LogP contribution in [0.15, 0.2) is 0 Å². The van der Waals surface area contributed by atoms with E-state index < -0.39 is 0 Å². The third-order valence-corrected chi connectivity index (χ3v) is 4.01. The Morgan fingerprint density at radius 1 is 1.32 bits per heavy atom. The summed E-state index contributed by atoms with van der Waals surface area (Å²) in [4.78, 5) is 16.1. The molecule has 0 aromatic rings. The van der Waals surface area contributed by atoms with Gasteiger partial charge in [0.15, 0.2) is 0 Å². The van der Waals surface area contributed by atoms with E-state index in [9.17, 15) is 4.79 Å². The van der Waals surface area contributed by atoms with E-state index >= 15 is 0 Å². The number of hydrazine groups is 1. The summed E-state index contributed by atoms with van der Waals surface area (Å²) in [5.74, 6) is 5.00. The highest BCUT2D eigenvalue weighted by Gasteiger charge is 2.21. The largest absolute Gasteiger partial charge is 0.305 e. The number of unbranched alkanes of at least 4 members (excludes halogenated alkanes) is 2. The Morgan fingerprint density at radius 3 is 2.79 bits per heavy atom. The van der Waals surface area contributed by atoms with Gasteiger partial charge in [0.2, 0.25) is 5.91 Å². The Morgan fingerprint density at radius 2 is 2.11 bits per heavy atom. The third-order valence-electron chi connectivity index (χ3n) is 4.01. The number of nitrogens with zero attached hydrogens (tertiary/aromatic N) is 2. The van der Waals surface area contributed by atoms with Crippen molar-refractivity contribution < 1.29 is 4.79 Å². The van der Waals surface area contributed by atoms with Crippen LogP contribution in [0.4, 0.5) is 0 Å². The molecular weight excluding hydrogens is 240 g/mol. The van der Waals surface area contributed by atoms with Crippen LogP contribution in [0.3, 0.4) is 0 Å². The molecule has 0 aliphatic carbocycles. The lowest BCUT2D eigenvalue weighted by molar-refractivity contribution is -0.121. The van der Waals surface area contributed by atoms with E-state index in [1.165, 1.54) is 38.9 Å². The molecule has 0 aromatic carbocycles. The van der Waals surface area contributed by atoms with Gasteiger partial charge in [-0.15, -0.1) is 0 Å². The van der Waals surface area contributed by atoms with E-state index in [0.29, 0.717) is 12.5 Å². The lowest BCUT2D eigenvalue weighted by Crippen LogP contribution is -2.40. The van der Waals surface area contributed by atoms with Crippen molar-refractivity contribution in [2.75, 3.05) is 33.2 Å². The first-order chi connectivity index (χ1) is 9.17. The smallest absolute Gasteiger partial charge is 0.233 e. The summed E-state index contributed by atoms with van der Waals surface area (Å²) in [6.45, 7) is 7.06. The molecule has 1 fully saturated rings. The average Bonchev–Trinajstić information content (AvgIpc) is 2.59. The fourth-order valence-corrected chi connectivity index (χ4v) is 2.82. The second kappa shape index (κ2) is 9.28. The molecule has 1 aliphatic heterocycles. The number of amides is 1. The zero-order valence-corrected chi connectivity index (χ0v) is 12.5. The van der Waals surface area contributed by atoms with Gasteiger partial charge in [-0.25, -0.2) is 5.84 Å². The minimum Gasteiger partial charge on any atom is -0.305 e. The Labute approximate surface area is 117 Å². The maximum Gasteiger partial charge on any atom is 0.233 e. The van der Waals surface area contributed by atoms with Crippen LogP contribution in [0.1, 0.15) is 45.4 Å². The van der Waals surface area contributed by atoms with Crippen LogP contribution in [-0.2, 0) is 4.79 Å². The molecule has 1 aliphatic rings. The maximum atomic E-state index is 11.0. The van der Waals surface area contributed by atoms with E-state index in [1.807, 2.05) is 0 Å². The monoisotopic (exact) mass is 270 g/mol. The Balaban J connectivity index is 2.20. The van der Waals surface area contributed by atoms with Crippen LogP contribution >= 0.6 is 0 Å². The topological polar surface area (TPSA) is 61.6 Å². The zero-order chi connectivity index (χ0) is 14.1. The summed E-state index contributed by atoms with van der Waals surface area (Å²) in [6.07, 6.45) is 6.26. The number of hydrogen-bond acceptors (Lipinski definition) is 4. The minimum absolute atomic E-state index is 0.0529. The highest BCUT2D eigenvalue weighted by atomic mass is 16.2. The van der Waals surface area contributed by atoms with E-state index in [4.69, 9.17) is 5.84 Å². The van der Waals surface area contributed by atoms with Gasteiger partial charge in [0, 0.05) is 19.0 Å². The van der Waals surface area contributed by atoms with Crippen molar-refractivity contribution in [2.24, 2.45) is 5.84 Å². The van der Waals surface area contributed by atoms with Crippen LogP contribution in [-0.4, -0.2) is 55.0 Å². The van der Waals surface area contributed by atoms with Gasteiger partial charge >= 0.3 is 0 Å². The molecule has 1 amide bonds. The summed E-state index contributed by atoms with van der Waals surface area (Å²) in [5.41, 5.74) is 2.18. The molecule has 5 nitrogen and oxygen atoms in total. The van der Waals surface area contributed by atoms with Crippen molar-refractivity contribution in [3.63, 3.8) is 0 Å². The lowest BCUT2D eigenvalue weighted by Gasteiger charge is -2.30. The number of carbonyl (C=O) groups excluding carboxylic acids is 1. The molecule has 0 saturated carbocycles. The van der Waals surface area contributed by atoms with Gasteiger partial charge in [-0.05, 0) is 52.4 Å². The molecule has 1 unspecified atom stereocenters. The van der Waals surface area contributed by atoms with Crippen molar-refractivity contribution in [2.45, 2.75) is 51.5 Å². The number of carbonyl (C=O) groups is 1. The van der Waals surface area contributed by atoms with E-state index in [-0.39, 0.29) is 5.91 Å². The van der Waals surface area contributed by atoms with Gasteiger partial charge in [-0.3, -0.25) is 15.1 Å². The average molecular weight is 270 g/mol. The first kappa shape index (κ1) is 16.4. The minimum atomic E-state index is -0.0529. The van der Waals surface area contributed by atoms with Gasteiger partial charge in [-0.1, -0.05) is 13.3 Å². The number of nitrogens with one attached hydrogen (secondary N) is 1. The highest BCUT2D eigenvalue weighted by molar-refractivity contribution is 5.74. The van der Waals surface area contributed by atoms with Crippen molar-refractivity contribution >= 4 is 5.91 Å². The number of likely N-dealkylation sites (N-methyl/N-ethyl adjacent to an activating group) is 1. The SMILES string of the molecule is CCC1CN(C)CCCN1CCCCCC(=O)NN. The molecule has 0 aromatic heterocycles. The van der Waals surface area contributed by atoms with Crippen molar-refractivity contribution in [3.05, 3.63) is 0 Å². The Bertz CT molecular complexity index is 260. The van der Waals surface area contributed by atoms with Crippen LogP contribution in [0.5, 0.6) is 0 Å². The van der Waals surface area contributed by atoms with Gasteiger partial charge in [0.1, 0.15) is 0 Å². The fraction of sp³-hybridized carbons (Fsp3) is 0.929. The normalized spacial score (nSPS) is 22.2. The van der Waals surface area contributed by atoms with Crippen LogP contribution in [0.2, 0.25) is 0 Å². The quantitative estimate of drug-likeness (QED) is 0.313. The predicted octanol–water partition coefficient (Wildman–Crippen LogP) is 0.953. The van der Waals surface area contributed by atoms with Crippen molar-refractivity contribution in [3.8, 4) is 0 Å². The molecule has 3 N–H and O–H groups in total. The standard InChI is InChI=1S/C14H30N4O/c1-3-13-12-17(2)9-7-11-18(13)10-6-4-5-8-14(19)16-15/h13H,3-12,15H2,1-2H3,(H,16,19). The van der Waals surface area contributed by atoms with Crippen molar-refractivity contribution in [1.82, 2.24) is 15.2 Å². The molecule has 0 radical (unpaired) electrons. The number of hydrogen-bond donors (Lipinski definition) is 2. The molecule has 1 atom stereocenters. The summed E-state index contributed by atoms with van der Waals surface area (Å²) >= 11 is 0. The summed E-state index contributed by atoms with van der Waals surface area (Å²) in [6, 6.07) is 0.694. The number of nitrogens with two attached hydrogens (primary N) is 1. The zero-order valence-electron chi connectivity index (χ0n) is 12.5. The molecule has 112 valence electrons. The van der Waals surface area contributed by atoms with Gasteiger partial charge in [-0.2, -0.15) is 0 Å². The van der Waals surface area contributed by atoms with Gasteiger partial charge in [0.25, 0.3) is 0 Å². The Kier molecular flexibility index (Phi) is 8.02. The molecule has 5 heteroatoms. The first-order valence-corrected chi connectivity index (χ1v) is 7.59. The van der Waals surface area contributed by atoms with E-state index in [0.717, 1.165) is 19.4 Å². The molecular formula is C14H30N4O. The summed E-state index contributed by atoms with van der Waals surface area (Å²) in [7, 11) is 2.22. The predicted molar refractivity (Wildman–Crippen MR) is 78.6 cm³/mol. The van der Waals surface area contributed by atoms with Crippen LogP contribution < -0.4 is 11.3 Å². The lowest BCUT2D eigenvalue weighted by atomic mass is 10.1.